The van der Waals surface area contributed by atoms with E-state index in [-0.39, 0.29) is 64.6 Å². The Bertz CT molecular complexity index is 1690. The summed E-state index contributed by atoms with van der Waals surface area (Å²) in [5.74, 6) is 0.0754. The molecule has 8 rings (SSSR count). The number of fused-ring (bicyclic) bond motifs is 5. The van der Waals surface area contributed by atoms with Gasteiger partial charge in [0.05, 0.1) is 51.3 Å². The Morgan fingerprint density at radius 2 is 1.13 bits per heavy atom. The molecule has 20 heteroatoms. The molecule has 0 aromatic heterocycles. The van der Waals surface area contributed by atoms with Crippen molar-refractivity contribution in [3.05, 3.63) is 0 Å². The highest BCUT2D eigenvalue weighted by Crippen LogP contribution is 2.75. The smallest absolute Gasteiger partial charge is 0.187 e. The van der Waals surface area contributed by atoms with Crippen LogP contribution in [0.2, 0.25) is 0 Å². The van der Waals surface area contributed by atoms with Gasteiger partial charge in [-0.25, -0.2) is 0 Å². The monoisotopic (exact) mass is 979 g/mol. The zero-order valence-electron chi connectivity index (χ0n) is 40.2. The van der Waals surface area contributed by atoms with Crippen molar-refractivity contribution >= 4 is 0 Å². The van der Waals surface area contributed by atoms with E-state index < -0.39 is 130 Å². The van der Waals surface area contributed by atoms with Crippen LogP contribution in [0.25, 0.3) is 0 Å². The number of aliphatic hydroxyl groups is 13. The van der Waals surface area contributed by atoms with Gasteiger partial charge in [0.1, 0.15) is 73.2 Å². The molecule has 27 atom stereocenters. The van der Waals surface area contributed by atoms with Crippen LogP contribution in [0, 0.1) is 50.7 Å². The lowest BCUT2D eigenvalue weighted by atomic mass is 9.33. The van der Waals surface area contributed by atoms with Gasteiger partial charge in [0, 0.05) is 23.4 Å². The Morgan fingerprint density at radius 1 is 0.544 bits per heavy atom. The van der Waals surface area contributed by atoms with Crippen LogP contribution in [0.4, 0.5) is 0 Å². The maximum absolute atomic E-state index is 12.5. The number of rotatable bonds is 12. The Balaban J connectivity index is 1.09. The third-order valence-corrected chi connectivity index (χ3v) is 19.9. The Labute approximate surface area is 398 Å². The molecule has 13 N–H and O–H groups in total. The first kappa shape index (κ1) is 53.5. The average Bonchev–Trinajstić information content (AvgIpc) is 3.32. The van der Waals surface area contributed by atoms with Gasteiger partial charge in [0.2, 0.25) is 0 Å². The van der Waals surface area contributed by atoms with E-state index in [1.54, 1.807) is 0 Å². The lowest BCUT2D eigenvalue weighted by Gasteiger charge is -2.73. The van der Waals surface area contributed by atoms with Gasteiger partial charge in [0.25, 0.3) is 0 Å². The summed E-state index contributed by atoms with van der Waals surface area (Å²) in [5.41, 5.74) is -2.12. The van der Waals surface area contributed by atoms with Crippen molar-refractivity contribution in [2.75, 3.05) is 39.6 Å². The summed E-state index contributed by atoms with van der Waals surface area (Å²) in [5, 5.41) is 139. The van der Waals surface area contributed by atoms with Crippen molar-refractivity contribution in [1.82, 2.24) is 0 Å². The number of hydrogen-bond donors (Lipinski definition) is 13. The Morgan fingerprint density at radius 3 is 1.72 bits per heavy atom. The minimum atomic E-state index is -1.87. The standard InChI is InChI=1S/C48H82O20/c1-22(16-49)24-8-13-48(21-62-24)15-14-46(4)23(40(48)61)6-7-29-44(2)11-10-30(45(3,28(44)9-12-47(29,46)5)20-63-41-37(59)34(56)31(53)25(17-50)64-41)67-43-39(36(58)33(55)27(19-52)66-43)68-42-38(60)35(57)32(54)26(18-51)65-42/h22-43,49-61H,6-21H2,1-5H3/t22-,23+,24-,25+,26+,27+,28+,29+,30-,31+,32+,33+,34-,35-,36-,37+,38+,39+,40+,41+,42?,43-,44-,45-,46+,47+,48+/m0/s1. The first-order chi connectivity index (χ1) is 32.1. The molecule has 8 fully saturated rings. The van der Waals surface area contributed by atoms with Gasteiger partial charge >= 0.3 is 0 Å². The van der Waals surface area contributed by atoms with Crippen molar-refractivity contribution in [3.63, 3.8) is 0 Å². The van der Waals surface area contributed by atoms with Crippen molar-refractivity contribution in [2.45, 2.75) is 209 Å². The van der Waals surface area contributed by atoms with E-state index in [2.05, 4.69) is 20.8 Å². The molecule has 4 saturated carbocycles. The molecular weight excluding hydrogens is 897 g/mol. The van der Waals surface area contributed by atoms with Crippen molar-refractivity contribution in [2.24, 2.45) is 50.7 Å². The highest BCUT2D eigenvalue weighted by molar-refractivity contribution is 5.19. The summed E-state index contributed by atoms with van der Waals surface area (Å²) >= 11 is 0. The lowest BCUT2D eigenvalue weighted by Crippen LogP contribution is -2.69. The average molecular weight is 979 g/mol. The van der Waals surface area contributed by atoms with Crippen LogP contribution in [0.1, 0.15) is 98.8 Å². The molecule has 0 bridgehead atoms. The number of aliphatic hydroxyl groups excluding tert-OH is 13. The molecule has 4 saturated heterocycles. The van der Waals surface area contributed by atoms with Crippen molar-refractivity contribution in [1.29, 1.82) is 0 Å². The van der Waals surface area contributed by atoms with Crippen LogP contribution in [-0.2, 0) is 33.2 Å². The fraction of sp³-hybridized carbons (Fsp3) is 1.00. The van der Waals surface area contributed by atoms with Gasteiger partial charge in [-0.2, -0.15) is 0 Å². The van der Waals surface area contributed by atoms with E-state index in [1.165, 1.54) is 0 Å². The van der Waals surface area contributed by atoms with E-state index in [1.807, 2.05) is 13.8 Å². The molecule has 1 unspecified atom stereocenters. The van der Waals surface area contributed by atoms with E-state index in [0.717, 1.165) is 44.9 Å². The van der Waals surface area contributed by atoms with Crippen LogP contribution in [-0.4, -0.2) is 216 Å². The molecule has 4 aliphatic carbocycles. The van der Waals surface area contributed by atoms with Gasteiger partial charge in [-0.05, 0) is 98.2 Å². The van der Waals surface area contributed by atoms with Crippen LogP contribution < -0.4 is 0 Å². The molecule has 0 aromatic carbocycles. The third-order valence-electron chi connectivity index (χ3n) is 19.9. The van der Waals surface area contributed by atoms with E-state index in [4.69, 9.17) is 33.2 Å². The minimum Gasteiger partial charge on any atom is -0.396 e. The molecule has 1 spiro atoms. The van der Waals surface area contributed by atoms with Crippen LogP contribution in [0.5, 0.6) is 0 Å². The second kappa shape index (κ2) is 20.1. The first-order valence-corrected chi connectivity index (χ1v) is 25.2. The SMILES string of the molecule is C[C@@H](CO)[C@@H]1CC[C@@]2(CC[C@]3(C)[C@H](CC[C@@H]4[C@@]5(C)CC[C@H](O[C@@H]6O[C@H](CO)[C@@H](O)[C@H](O)[C@H]6OC6O[C@H](CO)[C@@H](O)[C@H](O)[C@H]6O)[C@@](C)(CO[C@@H]6O[C@H](CO)[C@@H](O)[C@H](O)[C@H]6O)[C@@H]5CC[C@]43C)[C@H]2O)CO1. The molecule has 4 heterocycles. The zero-order chi connectivity index (χ0) is 49.5. The predicted octanol–water partition coefficient (Wildman–Crippen LogP) is -1.98. The molecule has 68 heavy (non-hydrogen) atoms. The predicted molar refractivity (Wildman–Crippen MR) is 234 cm³/mol. The molecule has 0 aromatic rings. The molecule has 4 aliphatic heterocycles. The maximum Gasteiger partial charge on any atom is 0.187 e. The maximum atomic E-state index is 12.5. The highest BCUT2D eigenvalue weighted by atomic mass is 16.8. The highest BCUT2D eigenvalue weighted by Gasteiger charge is 2.71. The molecular formula is C48H82O20. The topological polar surface area (TPSA) is 328 Å². The van der Waals surface area contributed by atoms with Crippen LogP contribution in [0.15, 0.2) is 0 Å². The summed E-state index contributed by atoms with van der Waals surface area (Å²) in [6, 6.07) is 0. The van der Waals surface area contributed by atoms with E-state index >= 15 is 0 Å². The summed E-state index contributed by atoms with van der Waals surface area (Å²) < 4.78 is 43.4. The fourth-order valence-electron chi connectivity index (χ4n) is 15.4. The van der Waals surface area contributed by atoms with Gasteiger partial charge in [0.15, 0.2) is 18.9 Å². The van der Waals surface area contributed by atoms with Gasteiger partial charge < -0.3 is 99.5 Å². The normalized spacial score (nSPS) is 55.8. The Hall–Kier alpha value is -0.800. The summed E-state index contributed by atoms with van der Waals surface area (Å²) in [4.78, 5) is 0. The molecule has 0 amide bonds. The number of hydrogen-bond acceptors (Lipinski definition) is 20. The Kier molecular flexibility index (Phi) is 15.8. The molecule has 394 valence electrons. The molecule has 8 aliphatic rings. The van der Waals surface area contributed by atoms with E-state index in [0.29, 0.717) is 25.9 Å². The third kappa shape index (κ3) is 8.66. The second-order valence-corrected chi connectivity index (χ2v) is 23.2. The van der Waals surface area contributed by atoms with Gasteiger partial charge in [-0.3, -0.25) is 0 Å². The lowest BCUT2D eigenvalue weighted by molar-refractivity contribution is -0.382. The van der Waals surface area contributed by atoms with Crippen molar-refractivity contribution < 1.29 is 99.5 Å². The van der Waals surface area contributed by atoms with Crippen LogP contribution in [0.3, 0.4) is 0 Å². The summed E-state index contributed by atoms with van der Waals surface area (Å²) in [7, 11) is 0. The quantitative estimate of drug-likeness (QED) is 0.0943. The fourth-order valence-corrected chi connectivity index (χ4v) is 15.4. The second-order valence-electron chi connectivity index (χ2n) is 23.2. The van der Waals surface area contributed by atoms with Gasteiger partial charge in [-0.15, -0.1) is 0 Å². The molecule has 20 nitrogen and oxygen atoms in total. The number of ether oxygens (including phenoxy) is 7. The zero-order valence-corrected chi connectivity index (χ0v) is 40.2. The van der Waals surface area contributed by atoms with Crippen LogP contribution >= 0.6 is 0 Å². The van der Waals surface area contributed by atoms with Crippen molar-refractivity contribution in [3.8, 4) is 0 Å². The summed E-state index contributed by atoms with van der Waals surface area (Å²) in [6.07, 6.45) is -18.0. The van der Waals surface area contributed by atoms with E-state index in [9.17, 15) is 66.4 Å². The van der Waals surface area contributed by atoms with Gasteiger partial charge in [-0.1, -0.05) is 34.6 Å². The first-order valence-electron chi connectivity index (χ1n) is 25.2. The minimum absolute atomic E-state index is 0.0239. The summed E-state index contributed by atoms with van der Waals surface area (Å²) in [6.45, 7) is 9.32. The largest absolute Gasteiger partial charge is 0.396 e. The molecule has 0 radical (unpaired) electrons.